The van der Waals surface area contributed by atoms with Crippen molar-refractivity contribution in [2.45, 2.75) is 19.8 Å². The average molecular weight is 261 g/mol. The van der Waals surface area contributed by atoms with Gasteiger partial charge in [-0.15, -0.1) is 0 Å². The molecule has 1 aliphatic rings. The molecule has 0 bridgehead atoms. The van der Waals surface area contributed by atoms with Crippen LogP contribution >= 0.6 is 0 Å². The summed E-state index contributed by atoms with van der Waals surface area (Å²) in [5.74, 6) is -0.0381. The molecule has 0 radical (unpaired) electrons. The number of carbonyl (C=O) groups excluding carboxylic acids is 2. The first-order valence-electron chi connectivity index (χ1n) is 6.71. The molecule has 2 rings (SSSR count). The van der Waals surface area contributed by atoms with Crippen molar-refractivity contribution in [3.8, 4) is 0 Å². The van der Waals surface area contributed by atoms with E-state index in [1.165, 1.54) is 0 Å². The van der Waals surface area contributed by atoms with Crippen molar-refractivity contribution in [2.24, 2.45) is 5.92 Å². The highest BCUT2D eigenvalue weighted by Gasteiger charge is 2.25. The fourth-order valence-corrected chi connectivity index (χ4v) is 2.40. The summed E-state index contributed by atoms with van der Waals surface area (Å²) in [6.07, 6.45) is 2.50. The largest absolute Gasteiger partial charge is 0.466 e. The van der Waals surface area contributed by atoms with E-state index in [9.17, 15) is 9.59 Å². The molecule has 0 aromatic heterocycles. The van der Waals surface area contributed by atoms with Crippen LogP contribution < -0.4 is 4.90 Å². The van der Waals surface area contributed by atoms with Crippen molar-refractivity contribution >= 4 is 17.9 Å². The Kier molecular flexibility index (Phi) is 4.55. The number of hydrogen-bond donors (Lipinski definition) is 0. The van der Waals surface area contributed by atoms with Gasteiger partial charge in [0.1, 0.15) is 6.29 Å². The molecule has 0 amide bonds. The second-order valence-electron chi connectivity index (χ2n) is 4.72. The maximum atomic E-state index is 11.6. The van der Waals surface area contributed by atoms with E-state index >= 15 is 0 Å². The molecule has 0 atom stereocenters. The topological polar surface area (TPSA) is 46.6 Å². The Labute approximate surface area is 113 Å². The van der Waals surface area contributed by atoms with Gasteiger partial charge in [0.25, 0.3) is 0 Å². The highest BCUT2D eigenvalue weighted by atomic mass is 16.5. The first kappa shape index (κ1) is 13.6. The molecular weight excluding hydrogens is 242 g/mol. The van der Waals surface area contributed by atoms with Gasteiger partial charge in [0, 0.05) is 24.3 Å². The first-order chi connectivity index (χ1) is 9.24. The minimum absolute atomic E-state index is 0.0328. The summed E-state index contributed by atoms with van der Waals surface area (Å²) in [5.41, 5.74) is 1.79. The van der Waals surface area contributed by atoms with E-state index in [2.05, 4.69) is 4.90 Å². The van der Waals surface area contributed by atoms with Crippen molar-refractivity contribution in [1.82, 2.24) is 0 Å². The number of anilines is 1. The van der Waals surface area contributed by atoms with Crippen LogP contribution in [0.5, 0.6) is 0 Å². The molecule has 1 heterocycles. The minimum Gasteiger partial charge on any atom is -0.466 e. The maximum Gasteiger partial charge on any atom is 0.309 e. The van der Waals surface area contributed by atoms with Gasteiger partial charge in [0.2, 0.25) is 0 Å². The van der Waals surface area contributed by atoms with E-state index in [1.807, 2.05) is 31.2 Å². The van der Waals surface area contributed by atoms with Gasteiger partial charge in [-0.05, 0) is 44.0 Å². The van der Waals surface area contributed by atoms with Gasteiger partial charge in [0.15, 0.2) is 0 Å². The van der Waals surface area contributed by atoms with E-state index in [4.69, 9.17) is 4.74 Å². The lowest BCUT2D eigenvalue weighted by Gasteiger charge is -2.32. The third kappa shape index (κ3) is 3.34. The molecule has 1 saturated heterocycles. The summed E-state index contributed by atoms with van der Waals surface area (Å²) in [4.78, 5) is 24.5. The van der Waals surface area contributed by atoms with Crippen LogP contribution in [0.1, 0.15) is 30.1 Å². The van der Waals surface area contributed by atoms with Gasteiger partial charge in [-0.2, -0.15) is 0 Å². The highest BCUT2D eigenvalue weighted by molar-refractivity contribution is 5.76. The van der Waals surface area contributed by atoms with Crippen molar-refractivity contribution < 1.29 is 14.3 Å². The Morgan fingerprint density at radius 2 is 1.95 bits per heavy atom. The van der Waals surface area contributed by atoms with Crippen molar-refractivity contribution in [2.75, 3.05) is 24.6 Å². The van der Waals surface area contributed by atoms with E-state index in [0.717, 1.165) is 37.9 Å². The van der Waals surface area contributed by atoms with Crippen molar-refractivity contribution in [3.05, 3.63) is 29.8 Å². The standard InChI is InChI=1S/C15H19NO3/c1-2-19-15(18)13-7-9-16(10-8-13)14-5-3-12(11-17)4-6-14/h3-6,11,13H,2,7-10H2,1H3. The van der Waals surface area contributed by atoms with Gasteiger partial charge in [0.05, 0.1) is 12.5 Å². The third-order valence-electron chi connectivity index (χ3n) is 3.51. The second-order valence-corrected chi connectivity index (χ2v) is 4.72. The molecular formula is C15H19NO3. The van der Waals surface area contributed by atoms with Crippen LogP contribution in [0.15, 0.2) is 24.3 Å². The predicted molar refractivity (Wildman–Crippen MR) is 73.4 cm³/mol. The van der Waals surface area contributed by atoms with Crippen LogP contribution in [0.2, 0.25) is 0 Å². The molecule has 102 valence electrons. The van der Waals surface area contributed by atoms with E-state index in [-0.39, 0.29) is 11.9 Å². The number of esters is 1. The Morgan fingerprint density at radius 3 is 2.47 bits per heavy atom. The Hall–Kier alpha value is -1.84. The first-order valence-corrected chi connectivity index (χ1v) is 6.71. The molecule has 19 heavy (non-hydrogen) atoms. The zero-order chi connectivity index (χ0) is 13.7. The van der Waals surface area contributed by atoms with Crippen LogP contribution in [0.4, 0.5) is 5.69 Å². The van der Waals surface area contributed by atoms with Gasteiger partial charge in [-0.1, -0.05) is 0 Å². The van der Waals surface area contributed by atoms with Crippen LogP contribution in [0.25, 0.3) is 0 Å². The number of rotatable bonds is 4. The average Bonchev–Trinajstić information content (AvgIpc) is 2.48. The smallest absolute Gasteiger partial charge is 0.309 e. The van der Waals surface area contributed by atoms with Gasteiger partial charge in [-0.25, -0.2) is 0 Å². The summed E-state index contributed by atoms with van der Waals surface area (Å²) < 4.78 is 5.06. The van der Waals surface area contributed by atoms with Crippen LogP contribution in [-0.2, 0) is 9.53 Å². The number of carbonyl (C=O) groups is 2. The number of nitrogens with zero attached hydrogens (tertiary/aromatic N) is 1. The third-order valence-corrected chi connectivity index (χ3v) is 3.51. The Morgan fingerprint density at radius 1 is 1.32 bits per heavy atom. The monoisotopic (exact) mass is 261 g/mol. The number of hydrogen-bond acceptors (Lipinski definition) is 4. The fraction of sp³-hybridized carbons (Fsp3) is 0.467. The fourth-order valence-electron chi connectivity index (χ4n) is 2.40. The van der Waals surface area contributed by atoms with E-state index in [0.29, 0.717) is 12.2 Å². The van der Waals surface area contributed by atoms with Crippen LogP contribution in [-0.4, -0.2) is 32.0 Å². The quantitative estimate of drug-likeness (QED) is 0.616. The lowest BCUT2D eigenvalue weighted by Crippen LogP contribution is -2.36. The van der Waals surface area contributed by atoms with E-state index in [1.54, 1.807) is 0 Å². The summed E-state index contributed by atoms with van der Waals surface area (Å²) in [6, 6.07) is 7.54. The van der Waals surface area contributed by atoms with Crippen LogP contribution in [0.3, 0.4) is 0 Å². The molecule has 4 heteroatoms. The number of piperidine rings is 1. The summed E-state index contributed by atoms with van der Waals surface area (Å²) in [6.45, 7) is 3.99. The molecule has 0 N–H and O–H groups in total. The lowest BCUT2D eigenvalue weighted by atomic mass is 9.96. The van der Waals surface area contributed by atoms with Gasteiger partial charge < -0.3 is 9.64 Å². The molecule has 0 saturated carbocycles. The molecule has 1 aromatic rings. The normalized spacial score (nSPS) is 16.2. The number of benzene rings is 1. The van der Waals surface area contributed by atoms with Crippen molar-refractivity contribution in [1.29, 1.82) is 0 Å². The molecule has 1 aliphatic heterocycles. The summed E-state index contributed by atoms with van der Waals surface area (Å²) in [5, 5.41) is 0. The van der Waals surface area contributed by atoms with Crippen LogP contribution in [0, 0.1) is 5.92 Å². The SMILES string of the molecule is CCOC(=O)C1CCN(c2ccc(C=O)cc2)CC1. The molecule has 1 fully saturated rings. The molecule has 0 spiro atoms. The Bertz CT molecular complexity index is 433. The molecule has 1 aromatic carbocycles. The lowest BCUT2D eigenvalue weighted by molar-refractivity contribution is -0.148. The highest BCUT2D eigenvalue weighted by Crippen LogP contribution is 2.24. The molecule has 0 aliphatic carbocycles. The van der Waals surface area contributed by atoms with E-state index < -0.39 is 0 Å². The minimum atomic E-state index is -0.0709. The summed E-state index contributed by atoms with van der Waals surface area (Å²) in [7, 11) is 0. The van der Waals surface area contributed by atoms with Crippen molar-refractivity contribution in [3.63, 3.8) is 0 Å². The van der Waals surface area contributed by atoms with Gasteiger partial charge >= 0.3 is 5.97 Å². The molecule has 4 nitrogen and oxygen atoms in total. The number of aldehydes is 1. The zero-order valence-electron chi connectivity index (χ0n) is 11.2. The predicted octanol–water partition coefficient (Wildman–Crippen LogP) is 2.28. The summed E-state index contributed by atoms with van der Waals surface area (Å²) >= 11 is 0. The maximum absolute atomic E-state index is 11.6. The number of ether oxygens (including phenoxy) is 1. The Balaban J connectivity index is 1.91. The molecule has 0 unspecified atom stereocenters. The van der Waals surface area contributed by atoms with Gasteiger partial charge in [-0.3, -0.25) is 9.59 Å². The zero-order valence-corrected chi connectivity index (χ0v) is 11.2. The second kappa shape index (κ2) is 6.36.